The maximum absolute atomic E-state index is 2.33. The number of hydrogen-bond acceptors (Lipinski definition) is 0. The average Bonchev–Trinajstić information content (AvgIpc) is 0.744. The predicted octanol–water partition coefficient (Wildman–Crippen LogP) is 31.0. The van der Waals surface area contributed by atoms with Gasteiger partial charge in [-0.05, 0) is 204 Å². The highest BCUT2D eigenvalue weighted by Crippen LogP contribution is 2.49. The summed E-state index contributed by atoms with van der Waals surface area (Å²) in [6, 6.07) is 162. The summed E-state index contributed by atoms with van der Waals surface area (Å²) in [4.78, 5) is 0. The molecule has 0 heterocycles. The summed E-state index contributed by atoms with van der Waals surface area (Å²) < 4.78 is 0. The molecule has 0 aliphatic rings. The van der Waals surface area contributed by atoms with E-state index in [1.165, 1.54) is 197 Å². The van der Waals surface area contributed by atoms with E-state index in [4.69, 9.17) is 0 Å². The molecule has 0 unspecified atom stereocenters. The van der Waals surface area contributed by atoms with E-state index in [0.29, 0.717) is 0 Å². The Labute approximate surface area is 642 Å². The molecule has 0 amide bonds. The van der Waals surface area contributed by atoms with Crippen LogP contribution < -0.4 is 0 Å². The SMILES string of the molecule is c1ccc(-c2c3ccccc3c(-c3ccc(-c4cccc5ccccc45)cc3)c3ccccc23)cc1.c1ccc(-c2ccc(-c3c4ccccc4c(-c4cccc(-c5ccccc5)c4)c4ccccc34)cc2)cc1.c1ccc(-c2ccc(-c3c4ccccc4c(-c4ccccc4)c4ccccc34)c3ccccc23)cc1. The Hall–Kier alpha value is -14.3. The molecule has 0 heteroatoms. The number of hydrogen-bond donors (Lipinski definition) is 0. The molecular formula is C110H74. The van der Waals surface area contributed by atoms with Crippen molar-refractivity contribution in [1.82, 2.24) is 0 Å². The van der Waals surface area contributed by atoms with E-state index in [1.54, 1.807) is 0 Å². The minimum absolute atomic E-state index is 1.23. The molecule has 110 heavy (non-hydrogen) atoms. The van der Waals surface area contributed by atoms with E-state index in [-0.39, 0.29) is 0 Å². The van der Waals surface area contributed by atoms with Crippen LogP contribution in [0.15, 0.2) is 449 Å². The molecule has 0 aliphatic carbocycles. The van der Waals surface area contributed by atoms with Gasteiger partial charge in [-0.25, -0.2) is 0 Å². The maximum Gasteiger partial charge on any atom is -0.00201 e. The lowest BCUT2D eigenvalue weighted by molar-refractivity contribution is 1.60. The summed E-state index contributed by atoms with van der Waals surface area (Å²) in [7, 11) is 0. The van der Waals surface area contributed by atoms with Crippen molar-refractivity contribution in [3.63, 3.8) is 0 Å². The molecule has 0 fully saturated rings. The molecule has 21 aromatic carbocycles. The van der Waals surface area contributed by atoms with E-state index in [2.05, 4.69) is 449 Å². The van der Waals surface area contributed by atoms with Crippen LogP contribution in [0.2, 0.25) is 0 Å². The monoisotopic (exact) mass is 1390 g/mol. The van der Waals surface area contributed by atoms with Crippen LogP contribution >= 0.6 is 0 Å². The molecule has 0 saturated heterocycles. The van der Waals surface area contributed by atoms with Crippen LogP contribution in [0, 0.1) is 0 Å². The zero-order chi connectivity index (χ0) is 73.1. The van der Waals surface area contributed by atoms with Gasteiger partial charge >= 0.3 is 0 Å². The highest BCUT2D eigenvalue weighted by atomic mass is 14.3. The van der Waals surface area contributed by atoms with E-state index in [9.17, 15) is 0 Å². The summed E-state index contributed by atoms with van der Waals surface area (Å²) in [6.07, 6.45) is 0. The number of fused-ring (bicyclic) bond motifs is 8. The fourth-order valence-electron chi connectivity index (χ4n) is 17.1. The van der Waals surface area contributed by atoms with Gasteiger partial charge in [-0.3, -0.25) is 0 Å². The molecule has 0 spiro atoms. The van der Waals surface area contributed by atoms with E-state index < -0.39 is 0 Å². The summed E-state index contributed by atoms with van der Waals surface area (Å²) in [5.74, 6) is 0. The lowest BCUT2D eigenvalue weighted by Gasteiger charge is -2.19. The summed E-state index contributed by atoms with van der Waals surface area (Å²) in [5, 5.41) is 20.5. The Morgan fingerprint density at radius 2 is 0.300 bits per heavy atom. The lowest BCUT2D eigenvalue weighted by Crippen LogP contribution is -1.92. The first kappa shape index (κ1) is 66.4. The maximum atomic E-state index is 2.33. The molecule has 514 valence electrons. The van der Waals surface area contributed by atoms with Crippen LogP contribution in [-0.4, -0.2) is 0 Å². The van der Waals surface area contributed by atoms with Gasteiger partial charge in [0.25, 0.3) is 0 Å². The standard InChI is InChI=1S/C38H26.2C36H24/c1-3-12-27(13-4-1)29-22-24-30(25-23-29)37-33-18-7-9-20-35(33)38(36-21-10-8-19-34(36)37)32-17-11-16-31(26-32)28-14-5-2-6-15-28;1-3-13-25(14-4-1)27-23-24-34(29-18-8-7-17-28(27)29)36-32-21-11-9-19-30(32)35(26-15-5-2-6-16-26)31-20-10-12-22-33(31)36;1-2-12-27(13-3-1)35-31-16-6-8-18-33(31)36(34-19-9-7-17-32(34)35)28-23-21-26(22-24-28)30-20-10-14-25-11-4-5-15-29(25)30/h1-26H;2*1-24H. The smallest absolute Gasteiger partial charge is 0.00201 e. The minimum Gasteiger partial charge on any atom is -0.0622 e. The van der Waals surface area contributed by atoms with Crippen molar-refractivity contribution in [2.45, 2.75) is 0 Å². The quantitative estimate of drug-likeness (QED) is 0.120. The molecule has 0 aromatic heterocycles. The average molecular weight is 1400 g/mol. The molecule has 0 saturated carbocycles. The van der Waals surface area contributed by atoms with Crippen LogP contribution in [0.25, 0.3) is 197 Å². The van der Waals surface area contributed by atoms with Gasteiger partial charge in [0.15, 0.2) is 0 Å². The summed E-state index contributed by atoms with van der Waals surface area (Å²) in [6.45, 7) is 0. The van der Waals surface area contributed by atoms with Crippen molar-refractivity contribution in [3.05, 3.63) is 449 Å². The Morgan fingerprint density at radius 1 is 0.0909 bits per heavy atom. The third kappa shape index (κ3) is 12.4. The Morgan fingerprint density at radius 3 is 0.700 bits per heavy atom. The third-order valence-corrected chi connectivity index (χ3v) is 22.0. The van der Waals surface area contributed by atoms with Gasteiger partial charge < -0.3 is 0 Å². The van der Waals surface area contributed by atoms with Gasteiger partial charge in [-0.15, -0.1) is 0 Å². The van der Waals surface area contributed by atoms with E-state index >= 15 is 0 Å². The van der Waals surface area contributed by atoms with E-state index in [1.807, 2.05) is 0 Å². The molecule has 0 atom stereocenters. The second kappa shape index (κ2) is 29.6. The van der Waals surface area contributed by atoms with Crippen molar-refractivity contribution in [3.8, 4) is 111 Å². The van der Waals surface area contributed by atoms with Gasteiger partial charge in [0.2, 0.25) is 0 Å². The van der Waals surface area contributed by atoms with Gasteiger partial charge in [0.05, 0.1) is 0 Å². The molecule has 0 bridgehead atoms. The zero-order valence-electron chi connectivity index (χ0n) is 60.7. The molecular weight excluding hydrogens is 1320 g/mol. The van der Waals surface area contributed by atoms with Crippen LogP contribution in [0.4, 0.5) is 0 Å². The lowest BCUT2D eigenvalue weighted by atomic mass is 9.84. The molecule has 0 radical (unpaired) electrons. The summed E-state index contributed by atoms with van der Waals surface area (Å²) >= 11 is 0. The van der Waals surface area contributed by atoms with Gasteiger partial charge in [-0.2, -0.15) is 0 Å². The Balaban J connectivity index is 0.000000112. The second-order valence-electron chi connectivity index (χ2n) is 28.3. The van der Waals surface area contributed by atoms with Crippen LogP contribution in [0.5, 0.6) is 0 Å². The fourth-order valence-corrected chi connectivity index (χ4v) is 17.1. The predicted molar refractivity (Wildman–Crippen MR) is 474 cm³/mol. The van der Waals surface area contributed by atoms with Crippen molar-refractivity contribution >= 4 is 86.2 Å². The van der Waals surface area contributed by atoms with Crippen LogP contribution in [0.1, 0.15) is 0 Å². The molecule has 0 N–H and O–H groups in total. The normalized spacial score (nSPS) is 11.3. The highest BCUT2D eigenvalue weighted by molar-refractivity contribution is 6.26. The minimum atomic E-state index is 1.23. The zero-order valence-corrected chi connectivity index (χ0v) is 60.7. The van der Waals surface area contributed by atoms with Gasteiger partial charge in [0.1, 0.15) is 0 Å². The highest BCUT2D eigenvalue weighted by Gasteiger charge is 2.22. The molecule has 21 aromatic rings. The fraction of sp³-hybridized carbons (Fsp3) is 0. The van der Waals surface area contributed by atoms with E-state index in [0.717, 1.165) is 0 Å². The first-order valence-corrected chi connectivity index (χ1v) is 38.0. The van der Waals surface area contributed by atoms with Crippen LogP contribution in [0.3, 0.4) is 0 Å². The topological polar surface area (TPSA) is 0 Å². The largest absolute Gasteiger partial charge is 0.0622 e. The third-order valence-electron chi connectivity index (χ3n) is 22.0. The first-order valence-electron chi connectivity index (χ1n) is 38.0. The Kier molecular flexibility index (Phi) is 17.8. The molecule has 0 nitrogen and oxygen atoms in total. The van der Waals surface area contributed by atoms with Crippen molar-refractivity contribution in [2.24, 2.45) is 0 Å². The van der Waals surface area contributed by atoms with Crippen molar-refractivity contribution in [2.75, 3.05) is 0 Å². The van der Waals surface area contributed by atoms with Crippen molar-refractivity contribution in [1.29, 1.82) is 0 Å². The number of rotatable bonds is 10. The molecule has 0 aliphatic heterocycles. The first-order chi connectivity index (χ1) is 54.6. The second-order valence-corrected chi connectivity index (χ2v) is 28.3. The van der Waals surface area contributed by atoms with Crippen molar-refractivity contribution < 1.29 is 0 Å². The van der Waals surface area contributed by atoms with Gasteiger partial charge in [0, 0.05) is 0 Å². The summed E-state index contributed by atoms with van der Waals surface area (Å²) in [5.41, 5.74) is 25.2. The Bertz CT molecular complexity index is 6770. The van der Waals surface area contributed by atoms with Gasteiger partial charge in [-0.1, -0.05) is 443 Å². The number of benzene rings is 21. The molecule has 21 rings (SSSR count). The van der Waals surface area contributed by atoms with Crippen LogP contribution in [-0.2, 0) is 0 Å².